The Kier molecular flexibility index (Phi) is 8.43. The number of hydrogen-bond acceptors (Lipinski definition) is 6. The molecule has 1 aromatic carbocycles. The summed E-state index contributed by atoms with van der Waals surface area (Å²) in [5.74, 6) is 0.339. The molecule has 5 rings (SSSR count). The zero-order chi connectivity index (χ0) is 22.4. The number of phenols is 2. The van der Waals surface area contributed by atoms with E-state index in [0.29, 0.717) is 0 Å². The number of phenolic OH excluding ortho intramolecular Hbond substituents is 2. The van der Waals surface area contributed by atoms with Crippen molar-refractivity contribution < 1.29 is 10.2 Å². The van der Waals surface area contributed by atoms with Crippen molar-refractivity contribution in [3.05, 3.63) is 122 Å². The maximum absolute atomic E-state index is 8.65. The van der Waals surface area contributed by atoms with Crippen LogP contribution in [0.2, 0.25) is 0 Å². The molecule has 0 atom stereocenters. The summed E-state index contributed by atoms with van der Waals surface area (Å²) in [6, 6.07) is 21.6. The fourth-order valence-corrected chi connectivity index (χ4v) is 2.63. The molecule has 4 aromatic heterocycles. The molecule has 0 amide bonds. The zero-order valence-electron chi connectivity index (χ0n) is 17.2. The van der Waals surface area contributed by atoms with Gasteiger partial charge in [-0.15, -0.1) is 0 Å². The van der Waals surface area contributed by atoms with E-state index < -0.39 is 0 Å². The molecule has 0 aliphatic heterocycles. The minimum absolute atomic E-state index is 0.169. The average molecular weight is 422 g/mol. The summed E-state index contributed by atoms with van der Waals surface area (Å²) in [4.78, 5) is 15.8. The van der Waals surface area contributed by atoms with Crippen molar-refractivity contribution in [1.29, 1.82) is 0 Å². The Morgan fingerprint density at radius 3 is 0.688 bits per heavy atom. The second-order valence-corrected chi connectivity index (χ2v) is 6.46. The summed E-state index contributed by atoms with van der Waals surface area (Å²) < 4.78 is 0. The predicted octanol–water partition coefficient (Wildman–Crippen LogP) is 5.39. The second kappa shape index (κ2) is 12.2. The number of aromatic hydroxyl groups is 2. The van der Waals surface area contributed by atoms with E-state index in [9.17, 15) is 0 Å². The number of rotatable bonds is 2. The van der Waals surface area contributed by atoms with Crippen molar-refractivity contribution in [2.24, 2.45) is 0 Å². The van der Waals surface area contributed by atoms with E-state index in [1.165, 1.54) is 46.5 Å². The molecule has 0 aliphatic carbocycles. The first-order valence-electron chi connectivity index (χ1n) is 9.81. The maximum atomic E-state index is 8.65. The van der Waals surface area contributed by atoms with Gasteiger partial charge >= 0.3 is 0 Å². The molecule has 6 nitrogen and oxygen atoms in total. The van der Waals surface area contributed by atoms with Crippen molar-refractivity contribution in [2.75, 3.05) is 0 Å². The van der Waals surface area contributed by atoms with Crippen LogP contribution in [-0.2, 0) is 0 Å². The summed E-state index contributed by atoms with van der Waals surface area (Å²) in [5.41, 5.74) is 4.69. The van der Waals surface area contributed by atoms with E-state index in [2.05, 4.69) is 19.9 Å². The van der Waals surface area contributed by atoms with Gasteiger partial charge in [0.25, 0.3) is 0 Å². The number of benzene rings is 1. The zero-order valence-corrected chi connectivity index (χ0v) is 17.2. The predicted molar refractivity (Wildman–Crippen MR) is 125 cm³/mol. The molecule has 0 unspecified atom stereocenters. The Labute approximate surface area is 186 Å². The van der Waals surface area contributed by atoms with E-state index in [0.717, 1.165) is 0 Å². The van der Waals surface area contributed by atoms with Crippen LogP contribution in [0.1, 0.15) is 0 Å². The maximum Gasteiger partial charge on any atom is 0.115 e. The van der Waals surface area contributed by atoms with E-state index in [-0.39, 0.29) is 11.5 Å². The summed E-state index contributed by atoms with van der Waals surface area (Å²) in [6.45, 7) is 0. The number of nitrogens with zero attached hydrogens (tertiary/aromatic N) is 4. The monoisotopic (exact) mass is 422 g/mol. The minimum atomic E-state index is 0.169. The third kappa shape index (κ3) is 7.35. The highest BCUT2D eigenvalue weighted by molar-refractivity contribution is 5.62. The highest BCUT2D eigenvalue weighted by atomic mass is 16.3. The number of aromatic nitrogens is 4. The van der Waals surface area contributed by atoms with Crippen LogP contribution in [0.3, 0.4) is 0 Å². The molecule has 0 bridgehead atoms. The third-order valence-corrected chi connectivity index (χ3v) is 4.24. The van der Waals surface area contributed by atoms with Crippen LogP contribution in [0.25, 0.3) is 22.3 Å². The van der Waals surface area contributed by atoms with Gasteiger partial charge in [-0.2, -0.15) is 0 Å². The van der Waals surface area contributed by atoms with Gasteiger partial charge in [-0.25, -0.2) is 0 Å². The molecule has 0 saturated carbocycles. The standard InChI is InChI=1S/2C10H8N2.C6H6O2/c2*1-5-11-6-2-9(1)10-3-7-12-8-4-10;7-5-1-2-6(8)4-3-5/h2*1-8H;1-4,7-8H. The summed E-state index contributed by atoms with van der Waals surface area (Å²) in [5, 5.41) is 17.3. The lowest BCUT2D eigenvalue weighted by atomic mass is 10.1. The molecule has 6 heteroatoms. The van der Waals surface area contributed by atoms with Crippen LogP contribution in [0, 0.1) is 0 Å². The van der Waals surface area contributed by atoms with E-state index in [1.807, 2.05) is 48.5 Å². The van der Waals surface area contributed by atoms with Crippen LogP contribution in [0.15, 0.2) is 122 Å². The molecule has 158 valence electrons. The normalized spacial score (nSPS) is 9.50. The number of pyridine rings is 4. The lowest BCUT2D eigenvalue weighted by Gasteiger charge is -1.97. The van der Waals surface area contributed by atoms with Crippen molar-refractivity contribution in [2.45, 2.75) is 0 Å². The first-order valence-corrected chi connectivity index (χ1v) is 9.81. The third-order valence-electron chi connectivity index (χ3n) is 4.24. The molecule has 0 radical (unpaired) electrons. The highest BCUT2D eigenvalue weighted by Crippen LogP contribution is 2.16. The first-order chi connectivity index (χ1) is 15.7. The molecule has 0 fully saturated rings. The second-order valence-electron chi connectivity index (χ2n) is 6.46. The van der Waals surface area contributed by atoms with Crippen LogP contribution in [0.5, 0.6) is 11.5 Å². The molecule has 5 aromatic rings. The molecule has 2 N–H and O–H groups in total. The van der Waals surface area contributed by atoms with Crippen molar-refractivity contribution in [1.82, 2.24) is 19.9 Å². The Bertz CT molecular complexity index is 985. The molecule has 32 heavy (non-hydrogen) atoms. The fraction of sp³-hybridized carbons (Fsp3) is 0. The fourth-order valence-electron chi connectivity index (χ4n) is 2.63. The smallest absolute Gasteiger partial charge is 0.115 e. The summed E-state index contributed by atoms with van der Waals surface area (Å²) in [7, 11) is 0. The lowest BCUT2D eigenvalue weighted by molar-refractivity contribution is 0.460. The SMILES string of the molecule is Oc1ccc(O)cc1.c1cc(-c2ccncc2)ccn1.c1cc(-c2ccncc2)ccn1. The Morgan fingerprint density at radius 1 is 0.312 bits per heavy atom. The molecule has 0 spiro atoms. The molecular formula is C26H22N4O2. The minimum Gasteiger partial charge on any atom is -0.508 e. The van der Waals surface area contributed by atoms with E-state index in [1.54, 1.807) is 49.6 Å². The van der Waals surface area contributed by atoms with E-state index >= 15 is 0 Å². The van der Waals surface area contributed by atoms with Crippen LogP contribution in [-0.4, -0.2) is 30.1 Å². The molecule has 4 heterocycles. The highest BCUT2D eigenvalue weighted by Gasteiger charge is 1.93. The molecule has 0 aliphatic rings. The van der Waals surface area contributed by atoms with E-state index in [4.69, 9.17) is 10.2 Å². The van der Waals surface area contributed by atoms with Crippen molar-refractivity contribution in [3.8, 4) is 33.8 Å². The quantitative estimate of drug-likeness (QED) is 0.371. The van der Waals surface area contributed by atoms with Crippen molar-refractivity contribution >= 4 is 0 Å². The van der Waals surface area contributed by atoms with Gasteiger partial charge in [0.15, 0.2) is 0 Å². The molecule has 0 saturated heterocycles. The summed E-state index contributed by atoms with van der Waals surface area (Å²) in [6.07, 6.45) is 14.3. The van der Waals surface area contributed by atoms with Gasteiger partial charge in [0, 0.05) is 49.6 Å². The van der Waals surface area contributed by atoms with Crippen LogP contribution in [0.4, 0.5) is 0 Å². The van der Waals surface area contributed by atoms with Gasteiger partial charge in [-0.3, -0.25) is 19.9 Å². The van der Waals surface area contributed by atoms with Gasteiger partial charge < -0.3 is 10.2 Å². The Hall–Kier alpha value is -4.58. The topological polar surface area (TPSA) is 92.0 Å². The Morgan fingerprint density at radius 2 is 0.500 bits per heavy atom. The van der Waals surface area contributed by atoms with Gasteiger partial charge in [0.2, 0.25) is 0 Å². The summed E-state index contributed by atoms with van der Waals surface area (Å²) >= 11 is 0. The molecular weight excluding hydrogens is 400 g/mol. The van der Waals surface area contributed by atoms with Gasteiger partial charge in [-0.1, -0.05) is 0 Å². The van der Waals surface area contributed by atoms with Gasteiger partial charge in [-0.05, 0) is 95.1 Å². The number of hydrogen-bond donors (Lipinski definition) is 2. The first kappa shape index (κ1) is 22.1. The van der Waals surface area contributed by atoms with Crippen LogP contribution >= 0.6 is 0 Å². The van der Waals surface area contributed by atoms with Crippen LogP contribution < -0.4 is 0 Å². The van der Waals surface area contributed by atoms with Gasteiger partial charge in [0.05, 0.1) is 0 Å². The lowest BCUT2D eigenvalue weighted by Crippen LogP contribution is -1.77. The average Bonchev–Trinajstić information content (AvgIpc) is 2.89. The largest absolute Gasteiger partial charge is 0.508 e. The van der Waals surface area contributed by atoms with Crippen molar-refractivity contribution in [3.63, 3.8) is 0 Å². The van der Waals surface area contributed by atoms with Gasteiger partial charge in [0.1, 0.15) is 11.5 Å². The Balaban J connectivity index is 0.000000139.